The number of hydrogen-bond donors (Lipinski definition) is 2. The average molecular weight is 498 g/mol. The number of benzene rings is 2. The first-order valence-corrected chi connectivity index (χ1v) is 12.1. The summed E-state index contributed by atoms with van der Waals surface area (Å²) in [6.07, 6.45) is -1.14. The summed E-state index contributed by atoms with van der Waals surface area (Å²) in [7, 11) is 1.96. The lowest BCUT2D eigenvalue weighted by Gasteiger charge is -2.34. The van der Waals surface area contributed by atoms with Gasteiger partial charge in [0.2, 0.25) is 5.91 Å². The number of carbonyl (C=O) groups is 2. The minimum absolute atomic E-state index is 0.202. The van der Waals surface area contributed by atoms with Gasteiger partial charge in [-0.15, -0.1) is 0 Å². The number of nitrogens with one attached hydrogen (secondary N) is 1. The second-order valence-electron chi connectivity index (χ2n) is 8.98. The van der Waals surface area contributed by atoms with E-state index >= 15 is 0 Å². The Labute approximate surface area is 210 Å². The van der Waals surface area contributed by atoms with E-state index in [4.69, 9.17) is 4.74 Å². The van der Waals surface area contributed by atoms with E-state index in [0.717, 1.165) is 49.8 Å². The molecule has 3 heterocycles. The molecule has 9 nitrogen and oxygen atoms in total. The highest BCUT2D eigenvalue weighted by atomic mass is 19.1. The highest BCUT2D eigenvalue weighted by molar-refractivity contribution is 6.07. The number of halogens is 1. The molecule has 2 N–H and O–H groups in total. The maximum absolute atomic E-state index is 13.6. The Morgan fingerprint density at radius 3 is 2.50 bits per heavy atom. The fourth-order valence-electron chi connectivity index (χ4n) is 4.75. The zero-order valence-corrected chi connectivity index (χ0v) is 20.6. The monoisotopic (exact) mass is 497 g/mol. The van der Waals surface area contributed by atoms with Gasteiger partial charge in [0, 0.05) is 51.8 Å². The fraction of sp³-hybridized carbons (Fsp3) is 0.423. The van der Waals surface area contributed by atoms with Crippen LogP contribution in [0.25, 0.3) is 0 Å². The van der Waals surface area contributed by atoms with E-state index in [-0.39, 0.29) is 11.8 Å². The molecule has 0 spiro atoms. The smallest absolute Gasteiger partial charge is 0.428 e. The molecule has 1 fully saturated rings. The SMILES string of the molecule is CNCCN1CCN(C(C)=O)CC1.O=C(O)N1N=C2c3cc(F)ccc3OC[C@H]2[C@H]1c1ccccc1. The number of piperazine rings is 1. The third-order valence-electron chi connectivity index (χ3n) is 6.68. The molecule has 2 aromatic rings. The molecule has 2 amide bonds. The molecule has 5 rings (SSSR count). The second kappa shape index (κ2) is 11.5. The third-order valence-corrected chi connectivity index (χ3v) is 6.68. The molecule has 0 radical (unpaired) electrons. The quantitative estimate of drug-likeness (QED) is 0.674. The molecule has 3 aliphatic rings. The Hall–Kier alpha value is -3.50. The number of hydrogen-bond acceptors (Lipinski definition) is 6. The van der Waals surface area contributed by atoms with Crippen molar-refractivity contribution in [1.29, 1.82) is 0 Å². The standard InChI is InChI=1S/C17H13FN2O3.C9H19N3O/c18-11-6-7-14-12(8-11)15-13(9-23-14)16(20(19-15)17(21)22)10-4-2-1-3-5-10;1-9(13)12-7-5-11(6-8-12)4-3-10-2/h1-8,13,16H,9H2,(H,21,22);10H,3-8H2,1-2H3/t13-,16-;/m1./s1. The van der Waals surface area contributed by atoms with Crippen molar-refractivity contribution in [3.8, 4) is 5.75 Å². The summed E-state index contributed by atoms with van der Waals surface area (Å²) in [4.78, 5) is 26.9. The molecule has 0 aliphatic carbocycles. The predicted molar refractivity (Wildman–Crippen MR) is 134 cm³/mol. The van der Waals surface area contributed by atoms with Crippen LogP contribution in [0.3, 0.4) is 0 Å². The van der Waals surface area contributed by atoms with E-state index in [0.29, 0.717) is 23.6 Å². The number of likely N-dealkylation sites (N-methyl/N-ethyl adjacent to an activating group) is 1. The molecule has 2 atom stereocenters. The van der Waals surface area contributed by atoms with Gasteiger partial charge in [0.05, 0.1) is 24.3 Å². The van der Waals surface area contributed by atoms with Crippen LogP contribution < -0.4 is 10.1 Å². The van der Waals surface area contributed by atoms with E-state index in [1.54, 1.807) is 13.0 Å². The Morgan fingerprint density at radius 1 is 1.14 bits per heavy atom. The number of carboxylic acid groups (broad SMARTS) is 1. The summed E-state index contributed by atoms with van der Waals surface area (Å²) in [6, 6.07) is 13.0. The first kappa shape index (κ1) is 25.6. The maximum Gasteiger partial charge on any atom is 0.428 e. The minimum Gasteiger partial charge on any atom is -0.492 e. The number of rotatable bonds is 4. The fourth-order valence-corrected chi connectivity index (χ4v) is 4.75. The lowest BCUT2D eigenvalue weighted by atomic mass is 9.86. The van der Waals surface area contributed by atoms with Gasteiger partial charge in [0.25, 0.3) is 0 Å². The lowest BCUT2D eigenvalue weighted by molar-refractivity contribution is -0.130. The molecule has 0 bridgehead atoms. The molecule has 36 heavy (non-hydrogen) atoms. The molecular formula is C26H32FN5O4. The van der Waals surface area contributed by atoms with E-state index < -0.39 is 18.0 Å². The number of ether oxygens (including phenoxy) is 1. The molecule has 3 aliphatic heterocycles. The largest absolute Gasteiger partial charge is 0.492 e. The van der Waals surface area contributed by atoms with Crippen molar-refractivity contribution in [3.05, 3.63) is 65.5 Å². The van der Waals surface area contributed by atoms with Crippen LogP contribution in [-0.2, 0) is 4.79 Å². The van der Waals surface area contributed by atoms with E-state index in [2.05, 4.69) is 15.3 Å². The Morgan fingerprint density at radius 2 is 1.86 bits per heavy atom. The van der Waals surface area contributed by atoms with Gasteiger partial charge >= 0.3 is 6.09 Å². The molecule has 10 heteroatoms. The van der Waals surface area contributed by atoms with E-state index in [1.807, 2.05) is 42.3 Å². The Bertz CT molecular complexity index is 1100. The van der Waals surface area contributed by atoms with Crippen molar-refractivity contribution in [3.63, 3.8) is 0 Å². The van der Waals surface area contributed by atoms with Crippen LogP contribution in [0.5, 0.6) is 5.75 Å². The van der Waals surface area contributed by atoms with Crippen molar-refractivity contribution in [2.45, 2.75) is 13.0 Å². The molecule has 0 saturated carbocycles. The summed E-state index contributed by atoms with van der Waals surface area (Å²) in [5.41, 5.74) is 1.91. The van der Waals surface area contributed by atoms with Crippen LogP contribution in [0, 0.1) is 11.7 Å². The van der Waals surface area contributed by atoms with Gasteiger partial charge in [-0.25, -0.2) is 9.18 Å². The Balaban J connectivity index is 0.000000200. The molecule has 2 aromatic carbocycles. The topological polar surface area (TPSA) is 97.7 Å². The molecule has 1 saturated heterocycles. The molecule has 192 valence electrons. The van der Waals surface area contributed by atoms with Crippen LogP contribution >= 0.6 is 0 Å². The van der Waals surface area contributed by atoms with Crippen molar-refractivity contribution in [1.82, 2.24) is 20.1 Å². The van der Waals surface area contributed by atoms with E-state index in [1.165, 1.54) is 12.1 Å². The van der Waals surface area contributed by atoms with Crippen molar-refractivity contribution < 1.29 is 23.8 Å². The van der Waals surface area contributed by atoms with Crippen molar-refractivity contribution >= 4 is 17.7 Å². The summed E-state index contributed by atoms with van der Waals surface area (Å²) in [5.74, 6) is 0.0669. The highest BCUT2D eigenvalue weighted by Crippen LogP contribution is 2.42. The van der Waals surface area contributed by atoms with E-state index in [9.17, 15) is 19.1 Å². The minimum atomic E-state index is -1.14. The molecular weight excluding hydrogens is 465 g/mol. The first-order valence-electron chi connectivity index (χ1n) is 12.1. The summed E-state index contributed by atoms with van der Waals surface area (Å²) < 4.78 is 19.3. The highest BCUT2D eigenvalue weighted by Gasteiger charge is 2.45. The van der Waals surface area contributed by atoms with Crippen molar-refractivity contribution in [2.24, 2.45) is 11.0 Å². The van der Waals surface area contributed by atoms with Gasteiger partial charge < -0.3 is 20.1 Å². The van der Waals surface area contributed by atoms with Crippen LogP contribution in [0.1, 0.15) is 24.1 Å². The van der Waals surface area contributed by atoms with Gasteiger partial charge in [0.1, 0.15) is 11.6 Å². The maximum atomic E-state index is 13.6. The third kappa shape index (κ3) is 5.66. The Kier molecular flexibility index (Phi) is 8.17. The summed E-state index contributed by atoms with van der Waals surface area (Å²) in [6.45, 7) is 7.87. The van der Waals surface area contributed by atoms with Crippen LogP contribution in [0.4, 0.5) is 9.18 Å². The first-order chi connectivity index (χ1) is 17.4. The zero-order chi connectivity index (χ0) is 25.7. The summed E-state index contributed by atoms with van der Waals surface area (Å²) in [5, 5.41) is 17.9. The predicted octanol–water partition coefficient (Wildman–Crippen LogP) is 2.64. The normalized spacial score (nSPS) is 20.9. The zero-order valence-electron chi connectivity index (χ0n) is 20.6. The van der Waals surface area contributed by atoms with Gasteiger partial charge in [-0.2, -0.15) is 10.1 Å². The van der Waals surface area contributed by atoms with Gasteiger partial charge in [0.15, 0.2) is 0 Å². The van der Waals surface area contributed by atoms with Crippen LogP contribution in [-0.4, -0.2) is 90.6 Å². The molecule has 0 aromatic heterocycles. The molecule has 0 unspecified atom stereocenters. The second-order valence-corrected chi connectivity index (χ2v) is 8.98. The van der Waals surface area contributed by atoms with Gasteiger partial charge in [-0.3, -0.25) is 9.69 Å². The number of fused-ring (bicyclic) bond motifs is 3. The number of carbonyl (C=O) groups excluding carboxylic acids is 1. The number of amides is 2. The van der Waals surface area contributed by atoms with Crippen molar-refractivity contribution in [2.75, 3.05) is 52.9 Å². The number of nitrogens with zero attached hydrogens (tertiary/aromatic N) is 4. The van der Waals surface area contributed by atoms with Gasteiger partial charge in [-0.05, 0) is 30.8 Å². The average Bonchev–Trinajstić information content (AvgIpc) is 3.29. The van der Waals surface area contributed by atoms with Crippen LogP contribution in [0.15, 0.2) is 53.6 Å². The number of hydrazone groups is 1. The lowest BCUT2D eigenvalue weighted by Crippen LogP contribution is -2.49. The summed E-state index contributed by atoms with van der Waals surface area (Å²) >= 11 is 0. The van der Waals surface area contributed by atoms with Crippen LogP contribution in [0.2, 0.25) is 0 Å². The van der Waals surface area contributed by atoms with Gasteiger partial charge in [-0.1, -0.05) is 30.3 Å².